The first kappa shape index (κ1) is 28.8. The largest absolute Gasteiger partial charge is 0.208 e. The second-order valence-corrected chi connectivity index (χ2v) is 13.5. The van der Waals surface area contributed by atoms with Gasteiger partial charge < -0.3 is 0 Å². The van der Waals surface area contributed by atoms with Gasteiger partial charge in [-0.05, 0) is 88.6 Å². The van der Waals surface area contributed by atoms with Crippen LogP contribution in [0.25, 0.3) is 111 Å². The van der Waals surface area contributed by atoms with E-state index in [1.165, 1.54) is 65.5 Å². The van der Waals surface area contributed by atoms with Crippen LogP contribution in [0.15, 0.2) is 176 Å². The quantitative estimate of drug-likeness (QED) is 0.177. The molecule has 0 N–H and O–H groups in total. The Labute approximate surface area is 300 Å². The van der Waals surface area contributed by atoms with Gasteiger partial charge in [0.25, 0.3) is 0 Å². The molecule has 0 saturated heterocycles. The number of benzene rings is 9. The predicted octanol–water partition coefficient (Wildman–Crippen LogP) is 12.8. The highest BCUT2D eigenvalue weighted by Gasteiger charge is 2.24. The second-order valence-electron chi connectivity index (χ2n) is 13.5. The molecule has 240 valence electrons. The zero-order valence-electron chi connectivity index (χ0n) is 28.1. The van der Waals surface area contributed by atoms with Gasteiger partial charge in [0.15, 0.2) is 17.5 Å². The van der Waals surface area contributed by atoms with E-state index in [2.05, 4.69) is 170 Å². The average molecular weight is 660 g/mol. The molecule has 1 aromatic heterocycles. The van der Waals surface area contributed by atoms with Gasteiger partial charge in [0.2, 0.25) is 0 Å². The fourth-order valence-corrected chi connectivity index (χ4v) is 8.25. The Balaban J connectivity index is 1.14. The van der Waals surface area contributed by atoms with Gasteiger partial charge in [-0.1, -0.05) is 164 Å². The molecule has 52 heavy (non-hydrogen) atoms. The minimum atomic E-state index is 0.648. The van der Waals surface area contributed by atoms with Crippen LogP contribution in [0.3, 0.4) is 0 Å². The van der Waals surface area contributed by atoms with Crippen LogP contribution in [0.5, 0.6) is 0 Å². The number of rotatable bonds is 4. The molecule has 0 atom stereocenters. The number of hydrogen-bond acceptors (Lipinski definition) is 3. The molecule has 3 nitrogen and oxygen atoms in total. The summed E-state index contributed by atoms with van der Waals surface area (Å²) in [6.45, 7) is 0. The molecule has 0 saturated carbocycles. The summed E-state index contributed by atoms with van der Waals surface area (Å²) in [6, 6.07) is 62.7. The molecule has 0 bridgehead atoms. The smallest absolute Gasteiger partial charge is 0.164 e. The van der Waals surface area contributed by atoms with Crippen LogP contribution in [-0.2, 0) is 0 Å². The molecule has 0 spiro atoms. The van der Waals surface area contributed by atoms with E-state index in [9.17, 15) is 0 Å². The van der Waals surface area contributed by atoms with Crippen molar-refractivity contribution in [3.05, 3.63) is 176 Å². The lowest BCUT2D eigenvalue weighted by atomic mass is 9.93. The van der Waals surface area contributed by atoms with Crippen molar-refractivity contribution in [1.29, 1.82) is 0 Å². The summed E-state index contributed by atoms with van der Waals surface area (Å²) in [5.74, 6) is 1.96. The Morgan fingerprint density at radius 1 is 0.231 bits per heavy atom. The lowest BCUT2D eigenvalue weighted by Gasteiger charge is -2.13. The van der Waals surface area contributed by atoms with Crippen LogP contribution in [0, 0.1) is 0 Å². The lowest BCUT2D eigenvalue weighted by Crippen LogP contribution is -2.01. The summed E-state index contributed by atoms with van der Waals surface area (Å²) in [5, 5.41) is 9.76. The van der Waals surface area contributed by atoms with Crippen LogP contribution < -0.4 is 0 Å². The molecule has 1 aliphatic carbocycles. The summed E-state index contributed by atoms with van der Waals surface area (Å²) >= 11 is 0. The van der Waals surface area contributed by atoms with Crippen molar-refractivity contribution in [2.75, 3.05) is 0 Å². The first-order valence-corrected chi connectivity index (χ1v) is 17.7. The van der Waals surface area contributed by atoms with E-state index in [4.69, 9.17) is 15.0 Å². The van der Waals surface area contributed by atoms with Crippen LogP contribution >= 0.6 is 0 Å². The van der Waals surface area contributed by atoms with Crippen molar-refractivity contribution >= 4 is 43.1 Å². The zero-order chi connectivity index (χ0) is 34.2. The van der Waals surface area contributed by atoms with E-state index in [1.54, 1.807) is 0 Å². The summed E-state index contributed by atoms with van der Waals surface area (Å²) in [4.78, 5) is 15.7. The van der Waals surface area contributed by atoms with Gasteiger partial charge in [-0.15, -0.1) is 0 Å². The number of hydrogen-bond donors (Lipinski definition) is 0. The van der Waals surface area contributed by atoms with Gasteiger partial charge in [0.05, 0.1) is 0 Å². The van der Waals surface area contributed by atoms with Gasteiger partial charge in [0.1, 0.15) is 0 Å². The number of nitrogens with zero attached hydrogens (tertiary/aromatic N) is 3. The van der Waals surface area contributed by atoms with Gasteiger partial charge in [0, 0.05) is 16.7 Å². The van der Waals surface area contributed by atoms with Crippen molar-refractivity contribution in [3.8, 4) is 67.5 Å². The van der Waals surface area contributed by atoms with E-state index in [-0.39, 0.29) is 0 Å². The van der Waals surface area contributed by atoms with E-state index in [1.807, 2.05) is 6.07 Å². The highest BCUT2D eigenvalue weighted by atomic mass is 15.0. The average Bonchev–Trinajstić information content (AvgIpc) is 3.56. The third-order valence-electron chi connectivity index (χ3n) is 10.7. The number of aromatic nitrogens is 3. The maximum absolute atomic E-state index is 5.27. The topological polar surface area (TPSA) is 38.7 Å². The normalized spacial score (nSPS) is 11.8. The third-order valence-corrected chi connectivity index (χ3v) is 10.7. The Bertz CT molecular complexity index is 2990. The van der Waals surface area contributed by atoms with Crippen molar-refractivity contribution in [2.24, 2.45) is 0 Å². The molecule has 0 radical (unpaired) electrons. The maximum Gasteiger partial charge on any atom is 0.164 e. The van der Waals surface area contributed by atoms with Gasteiger partial charge in [-0.3, -0.25) is 0 Å². The Morgan fingerprint density at radius 2 is 0.673 bits per heavy atom. The molecule has 1 aliphatic rings. The minimum absolute atomic E-state index is 0.648. The molecule has 0 amide bonds. The van der Waals surface area contributed by atoms with E-state index in [0.29, 0.717) is 17.5 Å². The fourth-order valence-electron chi connectivity index (χ4n) is 8.25. The molecular formula is C49H29N3. The van der Waals surface area contributed by atoms with Crippen molar-refractivity contribution in [3.63, 3.8) is 0 Å². The summed E-state index contributed by atoms with van der Waals surface area (Å²) in [5.41, 5.74) is 10.3. The van der Waals surface area contributed by atoms with E-state index in [0.717, 1.165) is 27.6 Å². The number of fused-ring (bicyclic) bond motifs is 9. The van der Waals surface area contributed by atoms with Gasteiger partial charge in [-0.2, -0.15) is 0 Å². The Morgan fingerprint density at radius 3 is 1.37 bits per heavy atom. The third kappa shape index (κ3) is 4.36. The van der Waals surface area contributed by atoms with E-state index < -0.39 is 0 Å². The molecule has 1 heterocycles. The molecule has 0 unspecified atom stereocenters. The van der Waals surface area contributed by atoms with Gasteiger partial charge >= 0.3 is 0 Å². The summed E-state index contributed by atoms with van der Waals surface area (Å²) in [6.07, 6.45) is 0. The highest BCUT2D eigenvalue weighted by Crippen LogP contribution is 2.49. The van der Waals surface area contributed by atoms with Crippen LogP contribution in [-0.4, -0.2) is 15.0 Å². The first-order chi connectivity index (χ1) is 25.8. The fraction of sp³-hybridized carbons (Fsp3) is 0. The lowest BCUT2D eigenvalue weighted by molar-refractivity contribution is 1.08. The predicted molar refractivity (Wildman–Crippen MR) is 216 cm³/mol. The molecule has 11 rings (SSSR count). The molecular weight excluding hydrogens is 631 g/mol. The second kappa shape index (κ2) is 11.3. The van der Waals surface area contributed by atoms with Crippen LogP contribution in [0.4, 0.5) is 0 Å². The molecule has 0 fully saturated rings. The van der Waals surface area contributed by atoms with E-state index >= 15 is 0 Å². The molecule has 9 aromatic carbocycles. The molecule has 10 aromatic rings. The monoisotopic (exact) mass is 659 g/mol. The maximum atomic E-state index is 5.27. The summed E-state index contributed by atoms with van der Waals surface area (Å²) in [7, 11) is 0. The highest BCUT2D eigenvalue weighted by molar-refractivity contribution is 6.25. The first-order valence-electron chi connectivity index (χ1n) is 17.7. The Hall–Kier alpha value is -6.97. The SMILES string of the molecule is c1ccc(-c2ccc(-c3nc(-c4ccc5c6ccccc6c6ccccc6c5c4)nc(-c4ccc5c6c(cccc46)-c4ccccc4-5)n3)cc2)cc1. The van der Waals surface area contributed by atoms with Crippen molar-refractivity contribution in [2.45, 2.75) is 0 Å². The van der Waals surface area contributed by atoms with Crippen molar-refractivity contribution < 1.29 is 0 Å². The van der Waals surface area contributed by atoms with Crippen LogP contribution in [0.2, 0.25) is 0 Å². The standard InChI is InChI=1S/C49H29N3/c1-2-11-30(12-3-1)31-21-23-32(24-22-31)47-50-48(33-25-26-40-36-15-5-4-13-34(36)35-14-6-9-18-39(35)45(40)29-33)52-49(51-47)44-28-27-43-38-17-8-7-16-37(38)41-19-10-20-42(44)46(41)43/h1-29H. The van der Waals surface area contributed by atoms with Gasteiger partial charge in [-0.25, -0.2) is 15.0 Å². The zero-order valence-corrected chi connectivity index (χ0v) is 28.1. The molecule has 3 heteroatoms. The molecule has 0 aliphatic heterocycles. The van der Waals surface area contributed by atoms with Crippen LogP contribution in [0.1, 0.15) is 0 Å². The minimum Gasteiger partial charge on any atom is -0.208 e. The van der Waals surface area contributed by atoms with Crippen molar-refractivity contribution in [1.82, 2.24) is 15.0 Å². The Kier molecular flexibility index (Phi) is 6.25. The summed E-state index contributed by atoms with van der Waals surface area (Å²) < 4.78 is 0.